The number of hydrogen-bond donors (Lipinski definition) is 0. The Hall–Kier alpha value is -2.87. The highest BCUT2D eigenvalue weighted by Crippen LogP contribution is 2.29. The highest BCUT2D eigenvalue weighted by atomic mass is 32.1. The van der Waals surface area contributed by atoms with Crippen LogP contribution in [0, 0.1) is 6.92 Å². The Morgan fingerprint density at radius 3 is 2.64 bits per heavy atom. The second kappa shape index (κ2) is 6.56. The number of para-hydroxylation sites is 2. The summed E-state index contributed by atoms with van der Waals surface area (Å²) in [4.78, 5) is 0.715. The Bertz CT molecular complexity index is 1000. The fraction of sp³-hybridized carbons (Fsp3) is 0.235. The van der Waals surface area contributed by atoms with Crippen molar-refractivity contribution in [3.05, 3.63) is 47.4 Å². The molecular weight excluding hydrogens is 340 g/mol. The second-order valence-corrected chi connectivity index (χ2v) is 6.31. The van der Waals surface area contributed by atoms with Crippen LogP contribution >= 0.6 is 11.3 Å². The minimum absolute atomic E-state index is 0.335. The molecule has 0 aliphatic heterocycles. The van der Waals surface area contributed by atoms with Gasteiger partial charge in [-0.05, 0) is 32.0 Å². The van der Waals surface area contributed by atoms with E-state index in [9.17, 15) is 0 Å². The number of nitrogens with zero attached hydrogens (tertiary/aromatic N) is 4. The van der Waals surface area contributed by atoms with Crippen LogP contribution in [-0.2, 0) is 6.61 Å². The van der Waals surface area contributed by atoms with E-state index in [2.05, 4.69) is 15.3 Å². The van der Waals surface area contributed by atoms with Crippen LogP contribution in [0.1, 0.15) is 17.7 Å². The van der Waals surface area contributed by atoms with Crippen molar-refractivity contribution in [1.29, 1.82) is 0 Å². The monoisotopic (exact) mass is 356 g/mol. The Labute approximate surface area is 147 Å². The van der Waals surface area contributed by atoms with Crippen LogP contribution in [0.4, 0.5) is 0 Å². The van der Waals surface area contributed by atoms with E-state index in [4.69, 9.17) is 13.9 Å². The average molecular weight is 356 g/mol. The third-order valence-electron chi connectivity index (χ3n) is 3.63. The van der Waals surface area contributed by atoms with Gasteiger partial charge >= 0.3 is 0 Å². The molecule has 0 spiro atoms. The van der Waals surface area contributed by atoms with Crippen molar-refractivity contribution in [2.75, 3.05) is 6.61 Å². The van der Waals surface area contributed by atoms with Gasteiger partial charge in [-0.3, -0.25) is 0 Å². The van der Waals surface area contributed by atoms with Crippen LogP contribution in [0.5, 0.6) is 11.5 Å². The maximum Gasteiger partial charge on any atom is 0.235 e. The quantitative estimate of drug-likeness (QED) is 0.524. The summed E-state index contributed by atoms with van der Waals surface area (Å²) >= 11 is 1.44. The van der Waals surface area contributed by atoms with E-state index in [0.29, 0.717) is 29.7 Å². The highest BCUT2D eigenvalue weighted by Gasteiger charge is 2.17. The molecule has 0 atom stereocenters. The molecule has 1 aromatic carbocycles. The summed E-state index contributed by atoms with van der Waals surface area (Å²) in [6.07, 6.45) is 1.63. The SMILES string of the molecule is CCOc1ccccc1OCc1nn2c(-c3ccoc3C)nnc2s1. The molecule has 7 nitrogen and oxygen atoms in total. The molecule has 128 valence electrons. The summed E-state index contributed by atoms with van der Waals surface area (Å²) in [5.41, 5.74) is 0.881. The van der Waals surface area contributed by atoms with E-state index in [0.717, 1.165) is 22.1 Å². The first kappa shape index (κ1) is 15.6. The number of aryl methyl sites for hydroxylation is 1. The number of fused-ring (bicyclic) bond motifs is 1. The van der Waals surface area contributed by atoms with Gasteiger partial charge in [0.05, 0.1) is 18.4 Å². The number of hydrogen-bond acceptors (Lipinski definition) is 7. The van der Waals surface area contributed by atoms with Gasteiger partial charge in [-0.25, -0.2) is 0 Å². The van der Waals surface area contributed by atoms with Crippen molar-refractivity contribution in [2.45, 2.75) is 20.5 Å². The van der Waals surface area contributed by atoms with Gasteiger partial charge in [0.25, 0.3) is 0 Å². The van der Waals surface area contributed by atoms with E-state index in [-0.39, 0.29) is 0 Å². The topological polar surface area (TPSA) is 74.7 Å². The Kier molecular flexibility index (Phi) is 4.10. The molecule has 0 aliphatic carbocycles. The molecule has 0 saturated heterocycles. The third kappa shape index (κ3) is 2.96. The lowest BCUT2D eigenvalue weighted by atomic mass is 10.2. The molecule has 25 heavy (non-hydrogen) atoms. The van der Waals surface area contributed by atoms with Crippen LogP contribution < -0.4 is 9.47 Å². The molecule has 4 rings (SSSR count). The molecule has 0 amide bonds. The lowest BCUT2D eigenvalue weighted by Gasteiger charge is -2.10. The maximum absolute atomic E-state index is 5.87. The van der Waals surface area contributed by atoms with Gasteiger partial charge in [-0.1, -0.05) is 23.5 Å². The number of furan rings is 1. The van der Waals surface area contributed by atoms with Gasteiger partial charge in [0.15, 0.2) is 22.3 Å². The van der Waals surface area contributed by atoms with Gasteiger partial charge < -0.3 is 13.9 Å². The summed E-state index contributed by atoms with van der Waals surface area (Å²) in [6, 6.07) is 9.46. The van der Waals surface area contributed by atoms with Crippen molar-refractivity contribution in [2.24, 2.45) is 0 Å². The lowest BCUT2D eigenvalue weighted by Crippen LogP contribution is -2.00. The second-order valence-electron chi connectivity index (χ2n) is 5.27. The largest absolute Gasteiger partial charge is 0.490 e. The minimum Gasteiger partial charge on any atom is -0.490 e. The molecule has 0 N–H and O–H groups in total. The van der Waals surface area contributed by atoms with E-state index >= 15 is 0 Å². The Balaban J connectivity index is 1.57. The number of rotatable bonds is 6. The third-order valence-corrected chi connectivity index (χ3v) is 4.50. The minimum atomic E-state index is 0.335. The van der Waals surface area contributed by atoms with Gasteiger partial charge in [0.2, 0.25) is 4.96 Å². The highest BCUT2D eigenvalue weighted by molar-refractivity contribution is 7.16. The van der Waals surface area contributed by atoms with Crippen molar-refractivity contribution < 1.29 is 13.9 Å². The maximum atomic E-state index is 5.87. The van der Waals surface area contributed by atoms with Crippen LogP contribution in [0.15, 0.2) is 41.0 Å². The summed E-state index contributed by atoms with van der Waals surface area (Å²) in [6.45, 7) is 4.75. The summed E-state index contributed by atoms with van der Waals surface area (Å²) in [5, 5.41) is 13.7. The zero-order valence-electron chi connectivity index (χ0n) is 13.8. The van der Waals surface area contributed by atoms with E-state index in [1.54, 1.807) is 10.8 Å². The number of aromatic nitrogens is 4. The summed E-state index contributed by atoms with van der Waals surface area (Å²) in [7, 11) is 0. The predicted molar refractivity (Wildman–Crippen MR) is 93.0 cm³/mol. The summed E-state index contributed by atoms with van der Waals surface area (Å²) < 4.78 is 18.5. The van der Waals surface area contributed by atoms with Crippen molar-refractivity contribution in [3.8, 4) is 22.9 Å². The molecule has 8 heteroatoms. The molecule has 0 saturated carbocycles. The Morgan fingerprint density at radius 2 is 1.92 bits per heavy atom. The van der Waals surface area contributed by atoms with Crippen LogP contribution in [0.25, 0.3) is 16.3 Å². The van der Waals surface area contributed by atoms with E-state index in [1.165, 1.54) is 11.3 Å². The van der Waals surface area contributed by atoms with Gasteiger partial charge in [0, 0.05) is 0 Å². The summed E-state index contributed by atoms with van der Waals surface area (Å²) in [5.74, 6) is 2.87. The first-order valence-corrected chi connectivity index (χ1v) is 8.68. The first-order valence-electron chi connectivity index (χ1n) is 7.86. The zero-order chi connectivity index (χ0) is 17.2. The van der Waals surface area contributed by atoms with Crippen LogP contribution in [0.3, 0.4) is 0 Å². The number of benzene rings is 1. The van der Waals surface area contributed by atoms with Crippen LogP contribution in [-0.4, -0.2) is 26.4 Å². The molecule has 0 unspecified atom stereocenters. The number of ether oxygens (including phenoxy) is 2. The molecule has 0 radical (unpaired) electrons. The molecule has 0 aliphatic rings. The van der Waals surface area contributed by atoms with Crippen LogP contribution in [0.2, 0.25) is 0 Å². The molecule has 0 bridgehead atoms. The van der Waals surface area contributed by atoms with Gasteiger partial charge in [0.1, 0.15) is 12.4 Å². The normalized spacial score (nSPS) is 11.1. The molecule has 3 heterocycles. The smallest absolute Gasteiger partial charge is 0.235 e. The average Bonchev–Trinajstić information content (AvgIpc) is 3.30. The van der Waals surface area contributed by atoms with Gasteiger partial charge in [-0.2, -0.15) is 9.61 Å². The predicted octanol–water partition coefficient (Wildman–Crippen LogP) is 3.73. The van der Waals surface area contributed by atoms with E-state index in [1.807, 2.05) is 44.2 Å². The van der Waals surface area contributed by atoms with Gasteiger partial charge in [-0.15, -0.1) is 10.2 Å². The fourth-order valence-corrected chi connectivity index (χ4v) is 3.23. The first-order chi connectivity index (χ1) is 12.3. The van der Waals surface area contributed by atoms with Crippen molar-refractivity contribution in [1.82, 2.24) is 19.8 Å². The molecule has 0 fully saturated rings. The fourth-order valence-electron chi connectivity index (χ4n) is 2.48. The molecular formula is C17H16N4O3S. The van der Waals surface area contributed by atoms with E-state index < -0.39 is 0 Å². The molecule has 3 aromatic heterocycles. The molecule has 4 aromatic rings. The standard InChI is InChI=1S/C17H16N4O3S/c1-3-22-13-6-4-5-7-14(13)24-10-15-20-21-16(18-19-17(21)25-15)12-8-9-23-11(12)2/h4-9H,3,10H2,1-2H3. The Morgan fingerprint density at radius 1 is 1.12 bits per heavy atom. The van der Waals surface area contributed by atoms with Crippen molar-refractivity contribution in [3.63, 3.8) is 0 Å². The zero-order valence-corrected chi connectivity index (χ0v) is 14.6. The lowest BCUT2D eigenvalue weighted by molar-refractivity contribution is 0.268. The van der Waals surface area contributed by atoms with Crippen molar-refractivity contribution >= 4 is 16.3 Å².